The number of nitrogens with one attached hydrogen (secondary N) is 1. The standard InChI is InChI=1S/C16H21Br2N/c1-15(2)10-6-7-16(15,3)14(8-10)19-13-5-4-11(17)9-12(13)18/h4-5,9-10,14,19H,6-8H2,1-3H3. The maximum Gasteiger partial charge on any atom is 0.0487 e. The average Bonchev–Trinajstić information content (AvgIpc) is 2.65. The van der Waals surface area contributed by atoms with Gasteiger partial charge in [0.15, 0.2) is 0 Å². The van der Waals surface area contributed by atoms with Crippen molar-refractivity contribution in [1.82, 2.24) is 0 Å². The van der Waals surface area contributed by atoms with E-state index in [-0.39, 0.29) is 0 Å². The monoisotopic (exact) mass is 385 g/mol. The Morgan fingerprint density at radius 1 is 1.21 bits per heavy atom. The van der Waals surface area contributed by atoms with E-state index in [0.717, 1.165) is 14.9 Å². The molecule has 2 fully saturated rings. The number of halogens is 2. The van der Waals surface area contributed by atoms with Crippen LogP contribution in [0.15, 0.2) is 27.1 Å². The van der Waals surface area contributed by atoms with Crippen LogP contribution in [0.4, 0.5) is 5.69 Å². The predicted octanol–water partition coefficient (Wildman–Crippen LogP) is 5.84. The van der Waals surface area contributed by atoms with Gasteiger partial charge in [0.05, 0.1) is 0 Å². The number of hydrogen-bond donors (Lipinski definition) is 1. The summed E-state index contributed by atoms with van der Waals surface area (Å²) in [5, 5.41) is 3.80. The largest absolute Gasteiger partial charge is 0.381 e. The van der Waals surface area contributed by atoms with Crippen molar-refractivity contribution in [3.63, 3.8) is 0 Å². The van der Waals surface area contributed by atoms with Gasteiger partial charge in [-0.05, 0) is 70.1 Å². The van der Waals surface area contributed by atoms with Gasteiger partial charge in [0, 0.05) is 20.7 Å². The Kier molecular flexibility index (Phi) is 3.29. The molecular weight excluding hydrogens is 366 g/mol. The van der Waals surface area contributed by atoms with E-state index in [1.807, 2.05) is 0 Å². The molecular formula is C16H21Br2N. The fourth-order valence-electron chi connectivity index (χ4n) is 4.22. The Labute approximate surface area is 132 Å². The molecule has 1 nitrogen and oxygen atoms in total. The van der Waals surface area contributed by atoms with E-state index >= 15 is 0 Å². The molecule has 0 saturated heterocycles. The Morgan fingerprint density at radius 3 is 2.47 bits per heavy atom. The van der Waals surface area contributed by atoms with Gasteiger partial charge in [0.1, 0.15) is 0 Å². The van der Waals surface area contributed by atoms with Crippen LogP contribution >= 0.6 is 31.9 Å². The number of hydrogen-bond acceptors (Lipinski definition) is 1. The summed E-state index contributed by atoms with van der Waals surface area (Å²) in [6.45, 7) is 7.40. The fraction of sp³-hybridized carbons (Fsp3) is 0.625. The average molecular weight is 387 g/mol. The molecule has 3 atom stereocenters. The highest BCUT2D eigenvalue weighted by molar-refractivity contribution is 9.11. The van der Waals surface area contributed by atoms with Crippen molar-refractivity contribution < 1.29 is 0 Å². The first-order chi connectivity index (χ1) is 8.84. The minimum absolute atomic E-state index is 0.421. The third kappa shape index (κ3) is 1.99. The van der Waals surface area contributed by atoms with Gasteiger partial charge in [-0.15, -0.1) is 0 Å². The predicted molar refractivity (Wildman–Crippen MR) is 88.5 cm³/mol. The third-order valence-electron chi connectivity index (χ3n) is 6.05. The first-order valence-electron chi connectivity index (χ1n) is 7.06. The molecule has 2 aliphatic rings. The first-order valence-corrected chi connectivity index (χ1v) is 8.65. The highest BCUT2D eigenvalue weighted by atomic mass is 79.9. The number of anilines is 1. The van der Waals surface area contributed by atoms with E-state index in [1.165, 1.54) is 24.9 Å². The fourth-order valence-corrected chi connectivity index (χ4v) is 5.38. The Morgan fingerprint density at radius 2 is 1.95 bits per heavy atom. The minimum atomic E-state index is 0.421. The molecule has 3 unspecified atom stereocenters. The van der Waals surface area contributed by atoms with Gasteiger partial charge < -0.3 is 5.32 Å². The molecule has 0 spiro atoms. The lowest BCUT2D eigenvalue weighted by atomic mass is 9.69. The smallest absolute Gasteiger partial charge is 0.0487 e. The van der Waals surface area contributed by atoms with Gasteiger partial charge in [-0.2, -0.15) is 0 Å². The number of fused-ring (bicyclic) bond motifs is 2. The molecule has 2 aliphatic carbocycles. The molecule has 0 amide bonds. The van der Waals surface area contributed by atoms with E-state index in [9.17, 15) is 0 Å². The molecule has 19 heavy (non-hydrogen) atoms. The Bertz CT molecular complexity index is 511. The molecule has 0 aliphatic heterocycles. The quantitative estimate of drug-likeness (QED) is 0.673. The summed E-state index contributed by atoms with van der Waals surface area (Å²) in [5.74, 6) is 0.879. The van der Waals surface area contributed by atoms with Crippen LogP contribution in [0.3, 0.4) is 0 Å². The molecule has 0 radical (unpaired) electrons. The van der Waals surface area contributed by atoms with Crippen molar-refractivity contribution in [1.29, 1.82) is 0 Å². The topological polar surface area (TPSA) is 12.0 Å². The molecule has 0 aromatic heterocycles. The summed E-state index contributed by atoms with van der Waals surface area (Å²) < 4.78 is 2.26. The minimum Gasteiger partial charge on any atom is -0.381 e. The highest BCUT2D eigenvalue weighted by Gasteiger charge is 2.61. The van der Waals surface area contributed by atoms with Crippen molar-refractivity contribution in [2.45, 2.75) is 46.1 Å². The van der Waals surface area contributed by atoms with E-state index in [1.54, 1.807) is 0 Å². The van der Waals surface area contributed by atoms with Crippen molar-refractivity contribution in [2.75, 3.05) is 5.32 Å². The van der Waals surface area contributed by atoms with E-state index in [2.05, 4.69) is 76.1 Å². The molecule has 2 saturated carbocycles. The second-order valence-electron chi connectivity index (χ2n) is 6.93. The van der Waals surface area contributed by atoms with E-state index < -0.39 is 0 Å². The van der Waals surface area contributed by atoms with Crippen molar-refractivity contribution >= 4 is 37.5 Å². The lowest BCUT2D eigenvalue weighted by Crippen LogP contribution is -2.40. The lowest BCUT2D eigenvalue weighted by molar-refractivity contribution is 0.142. The van der Waals surface area contributed by atoms with Gasteiger partial charge in [0.25, 0.3) is 0 Å². The van der Waals surface area contributed by atoms with Gasteiger partial charge >= 0.3 is 0 Å². The molecule has 2 bridgehead atoms. The molecule has 0 heterocycles. The molecule has 1 aromatic rings. The summed E-state index contributed by atoms with van der Waals surface area (Å²) in [4.78, 5) is 0. The number of rotatable bonds is 2. The van der Waals surface area contributed by atoms with Crippen molar-refractivity contribution in [3.8, 4) is 0 Å². The number of benzene rings is 1. The zero-order valence-electron chi connectivity index (χ0n) is 11.8. The van der Waals surface area contributed by atoms with Crippen LogP contribution in [0.1, 0.15) is 40.0 Å². The SMILES string of the molecule is CC1(C)C2CCC1(C)C(Nc1ccc(Br)cc1Br)C2. The lowest BCUT2D eigenvalue weighted by Gasteiger charge is -2.40. The molecule has 3 rings (SSSR count). The van der Waals surface area contributed by atoms with Gasteiger partial charge in [0.2, 0.25) is 0 Å². The summed E-state index contributed by atoms with van der Waals surface area (Å²) >= 11 is 7.17. The summed E-state index contributed by atoms with van der Waals surface area (Å²) in [6.07, 6.45) is 4.08. The molecule has 104 valence electrons. The van der Waals surface area contributed by atoms with Gasteiger partial charge in [-0.1, -0.05) is 36.7 Å². The summed E-state index contributed by atoms with van der Waals surface area (Å²) in [6, 6.07) is 6.98. The van der Waals surface area contributed by atoms with E-state index in [4.69, 9.17) is 0 Å². The molecule has 1 N–H and O–H groups in total. The summed E-state index contributed by atoms with van der Waals surface area (Å²) in [7, 11) is 0. The Hall–Kier alpha value is -0.0200. The van der Waals surface area contributed by atoms with Crippen LogP contribution < -0.4 is 5.32 Å². The van der Waals surface area contributed by atoms with Crippen LogP contribution in [0.2, 0.25) is 0 Å². The summed E-state index contributed by atoms with van der Waals surface area (Å²) in [5.41, 5.74) is 2.11. The van der Waals surface area contributed by atoms with Gasteiger partial charge in [-0.3, -0.25) is 0 Å². The molecule has 1 aromatic carbocycles. The van der Waals surface area contributed by atoms with Crippen LogP contribution in [-0.2, 0) is 0 Å². The third-order valence-corrected chi connectivity index (χ3v) is 7.20. The zero-order valence-corrected chi connectivity index (χ0v) is 14.9. The van der Waals surface area contributed by atoms with Crippen LogP contribution in [0.25, 0.3) is 0 Å². The zero-order chi connectivity index (χ0) is 13.8. The maximum absolute atomic E-state index is 3.80. The van der Waals surface area contributed by atoms with Crippen molar-refractivity contribution in [3.05, 3.63) is 27.1 Å². The normalized spacial score (nSPS) is 35.6. The Balaban J connectivity index is 1.86. The highest BCUT2D eigenvalue weighted by Crippen LogP contribution is 2.65. The molecule has 3 heteroatoms. The second kappa shape index (κ2) is 4.49. The van der Waals surface area contributed by atoms with E-state index in [0.29, 0.717) is 16.9 Å². The van der Waals surface area contributed by atoms with Crippen LogP contribution in [-0.4, -0.2) is 6.04 Å². The maximum atomic E-state index is 3.80. The van der Waals surface area contributed by atoms with Gasteiger partial charge in [-0.25, -0.2) is 0 Å². The second-order valence-corrected chi connectivity index (χ2v) is 8.70. The van der Waals surface area contributed by atoms with Crippen LogP contribution in [0.5, 0.6) is 0 Å². The first kappa shape index (κ1) is 13.9. The van der Waals surface area contributed by atoms with Crippen LogP contribution in [0, 0.1) is 16.7 Å². The van der Waals surface area contributed by atoms with Crippen molar-refractivity contribution in [2.24, 2.45) is 16.7 Å².